The number of benzene rings is 2. The summed E-state index contributed by atoms with van der Waals surface area (Å²) in [5.41, 5.74) is 3.29. The Morgan fingerprint density at radius 1 is 1.11 bits per heavy atom. The molecule has 28 heavy (non-hydrogen) atoms. The molecule has 0 saturated carbocycles. The van der Waals surface area contributed by atoms with E-state index < -0.39 is 0 Å². The molecule has 0 fully saturated rings. The summed E-state index contributed by atoms with van der Waals surface area (Å²) in [5, 5.41) is 14.9. The van der Waals surface area contributed by atoms with E-state index in [4.69, 9.17) is 0 Å². The van der Waals surface area contributed by atoms with Crippen molar-refractivity contribution < 1.29 is 0 Å². The zero-order chi connectivity index (χ0) is 19.5. The zero-order valence-corrected chi connectivity index (χ0v) is 18.1. The molecule has 1 unspecified atom stereocenters. The van der Waals surface area contributed by atoms with Gasteiger partial charge in [0, 0.05) is 21.3 Å². The lowest BCUT2D eigenvalue weighted by Gasteiger charge is -2.27. The number of rotatable bonds is 6. The Balaban J connectivity index is 1.77. The Morgan fingerprint density at radius 3 is 2.57 bits per heavy atom. The molecular formula is C21H20BrN5S. The Hall–Kier alpha value is -2.35. The summed E-state index contributed by atoms with van der Waals surface area (Å²) >= 11 is 5.29. The molecule has 5 nitrogen and oxygen atoms in total. The molecular weight excluding hydrogens is 434 g/mol. The summed E-state index contributed by atoms with van der Waals surface area (Å²) in [7, 11) is 2.11. The molecule has 0 spiro atoms. The van der Waals surface area contributed by atoms with Crippen LogP contribution in [0, 0.1) is 6.92 Å². The van der Waals surface area contributed by atoms with E-state index in [0.29, 0.717) is 0 Å². The first-order valence-electron chi connectivity index (χ1n) is 8.96. The van der Waals surface area contributed by atoms with Gasteiger partial charge in [0.15, 0.2) is 5.82 Å². The van der Waals surface area contributed by atoms with Crippen molar-refractivity contribution in [1.29, 1.82) is 0 Å². The standard InChI is InChI=1S/C21H20BrN5S/c1-15-8-6-7-11-19(15)27-21(23-24-25-27)20(16-9-4-3-5-10-16)26(2)13-18-12-17(22)14-28-18/h3-12,14,20H,13H2,1-2H3. The second-order valence-corrected chi connectivity index (χ2v) is 8.61. The molecule has 142 valence electrons. The van der Waals surface area contributed by atoms with Gasteiger partial charge in [-0.3, -0.25) is 4.90 Å². The molecule has 0 bridgehead atoms. The minimum absolute atomic E-state index is 0.0725. The van der Waals surface area contributed by atoms with E-state index in [1.54, 1.807) is 11.3 Å². The lowest BCUT2D eigenvalue weighted by Crippen LogP contribution is -2.27. The van der Waals surface area contributed by atoms with Crippen LogP contribution in [0.1, 0.15) is 27.9 Å². The van der Waals surface area contributed by atoms with E-state index in [9.17, 15) is 0 Å². The third-order valence-corrected chi connectivity index (χ3v) is 6.35. The fourth-order valence-corrected chi connectivity index (χ4v) is 4.86. The summed E-state index contributed by atoms with van der Waals surface area (Å²) in [6, 6.07) is 20.6. The van der Waals surface area contributed by atoms with Crippen molar-refractivity contribution in [1.82, 2.24) is 25.1 Å². The van der Waals surface area contributed by atoms with Gasteiger partial charge in [-0.1, -0.05) is 48.5 Å². The Morgan fingerprint density at radius 2 is 1.86 bits per heavy atom. The second-order valence-electron chi connectivity index (χ2n) is 6.69. The number of tetrazole rings is 1. The minimum Gasteiger partial charge on any atom is -0.288 e. The molecule has 2 aromatic carbocycles. The van der Waals surface area contributed by atoms with Crippen molar-refractivity contribution in [3.05, 3.63) is 92.3 Å². The zero-order valence-electron chi connectivity index (χ0n) is 15.7. The molecule has 0 aliphatic carbocycles. The highest BCUT2D eigenvalue weighted by atomic mass is 79.9. The van der Waals surface area contributed by atoms with Crippen LogP contribution in [0.5, 0.6) is 0 Å². The third-order valence-electron chi connectivity index (χ3n) is 4.66. The van der Waals surface area contributed by atoms with Gasteiger partial charge in [0.25, 0.3) is 0 Å². The Bertz CT molecular complexity index is 1060. The molecule has 4 aromatic rings. The highest BCUT2D eigenvalue weighted by molar-refractivity contribution is 9.10. The Kier molecular flexibility index (Phi) is 5.66. The quantitative estimate of drug-likeness (QED) is 0.411. The minimum atomic E-state index is -0.0725. The van der Waals surface area contributed by atoms with Crippen molar-refractivity contribution in [3.63, 3.8) is 0 Å². The van der Waals surface area contributed by atoms with Crippen LogP contribution in [-0.2, 0) is 6.54 Å². The molecule has 2 heterocycles. The summed E-state index contributed by atoms with van der Waals surface area (Å²) in [4.78, 5) is 3.57. The van der Waals surface area contributed by atoms with E-state index in [-0.39, 0.29) is 6.04 Å². The molecule has 0 radical (unpaired) electrons. The number of hydrogen-bond acceptors (Lipinski definition) is 5. The first-order chi connectivity index (χ1) is 13.6. The third kappa shape index (κ3) is 3.92. The topological polar surface area (TPSA) is 46.8 Å². The van der Waals surface area contributed by atoms with E-state index in [1.807, 2.05) is 28.9 Å². The predicted molar refractivity (Wildman–Crippen MR) is 116 cm³/mol. The molecule has 4 rings (SSSR count). The summed E-state index contributed by atoms with van der Waals surface area (Å²) in [6.45, 7) is 2.88. The molecule has 0 saturated heterocycles. The van der Waals surface area contributed by atoms with Gasteiger partial charge in [-0.25, -0.2) is 0 Å². The molecule has 2 aromatic heterocycles. The van der Waals surface area contributed by atoms with Gasteiger partial charge in [-0.15, -0.1) is 16.4 Å². The maximum Gasteiger partial charge on any atom is 0.178 e. The SMILES string of the molecule is Cc1ccccc1-n1nnnc1C(c1ccccc1)N(C)Cc1cc(Br)cs1. The normalized spacial score (nSPS) is 12.4. The van der Waals surface area contributed by atoms with E-state index in [1.165, 1.54) is 4.88 Å². The number of aromatic nitrogens is 4. The smallest absolute Gasteiger partial charge is 0.178 e. The average molecular weight is 454 g/mol. The highest BCUT2D eigenvalue weighted by Gasteiger charge is 2.27. The monoisotopic (exact) mass is 453 g/mol. The van der Waals surface area contributed by atoms with Crippen LogP contribution in [-0.4, -0.2) is 32.2 Å². The lowest BCUT2D eigenvalue weighted by atomic mass is 10.0. The number of halogens is 1. The first kappa shape index (κ1) is 19.0. The van der Waals surface area contributed by atoms with Gasteiger partial charge in [-0.05, 0) is 63.6 Å². The van der Waals surface area contributed by atoms with Crippen molar-refractivity contribution in [3.8, 4) is 5.69 Å². The summed E-state index contributed by atoms with van der Waals surface area (Å²) in [5.74, 6) is 0.804. The molecule has 0 aliphatic rings. The lowest BCUT2D eigenvalue weighted by molar-refractivity contribution is 0.260. The fourth-order valence-electron chi connectivity index (χ4n) is 3.35. The number of thiophene rings is 1. The van der Waals surface area contributed by atoms with Gasteiger partial charge in [0.1, 0.15) is 0 Å². The predicted octanol–water partition coefficient (Wildman–Crippen LogP) is 5.02. The van der Waals surface area contributed by atoms with Crippen LogP contribution in [0.2, 0.25) is 0 Å². The van der Waals surface area contributed by atoms with Crippen LogP contribution in [0.25, 0.3) is 5.69 Å². The summed E-state index contributed by atoms with van der Waals surface area (Å²) < 4.78 is 2.97. The van der Waals surface area contributed by atoms with Crippen molar-refractivity contribution in [2.75, 3.05) is 7.05 Å². The number of aryl methyl sites for hydroxylation is 1. The maximum absolute atomic E-state index is 4.43. The fraction of sp³-hybridized carbons (Fsp3) is 0.190. The van der Waals surface area contributed by atoms with E-state index in [2.05, 4.69) is 92.1 Å². The number of para-hydroxylation sites is 1. The molecule has 7 heteroatoms. The first-order valence-corrected chi connectivity index (χ1v) is 10.6. The second kappa shape index (κ2) is 8.34. The van der Waals surface area contributed by atoms with Gasteiger partial charge < -0.3 is 0 Å². The van der Waals surface area contributed by atoms with E-state index in [0.717, 1.165) is 33.7 Å². The van der Waals surface area contributed by atoms with Gasteiger partial charge >= 0.3 is 0 Å². The highest BCUT2D eigenvalue weighted by Crippen LogP contribution is 2.30. The van der Waals surface area contributed by atoms with Crippen LogP contribution in [0.15, 0.2) is 70.5 Å². The Labute approximate surface area is 176 Å². The van der Waals surface area contributed by atoms with Crippen LogP contribution < -0.4 is 0 Å². The number of hydrogen-bond donors (Lipinski definition) is 0. The average Bonchev–Trinajstić information content (AvgIpc) is 3.32. The van der Waals surface area contributed by atoms with E-state index >= 15 is 0 Å². The van der Waals surface area contributed by atoms with Crippen LogP contribution in [0.3, 0.4) is 0 Å². The molecule has 0 aliphatic heterocycles. The molecule has 1 atom stereocenters. The van der Waals surface area contributed by atoms with Gasteiger partial charge in [0.05, 0.1) is 11.7 Å². The van der Waals surface area contributed by atoms with Crippen molar-refractivity contribution in [2.24, 2.45) is 0 Å². The van der Waals surface area contributed by atoms with Crippen LogP contribution >= 0.6 is 27.3 Å². The number of nitrogens with zero attached hydrogens (tertiary/aromatic N) is 5. The van der Waals surface area contributed by atoms with Crippen molar-refractivity contribution in [2.45, 2.75) is 19.5 Å². The largest absolute Gasteiger partial charge is 0.288 e. The van der Waals surface area contributed by atoms with Gasteiger partial charge in [-0.2, -0.15) is 4.68 Å². The molecule has 0 amide bonds. The van der Waals surface area contributed by atoms with Crippen molar-refractivity contribution >= 4 is 27.3 Å². The van der Waals surface area contributed by atoms with Crippen LogP contribution in [0.4, 0.5) is 0 Å². The summed E-state index contributed by atoms with van der Waals surface area (Å²) in [6.07, 6.45) is 0. The molecule has 0 N–H and O–H groups in total. The van der Waals surface area contributed by atoms with Gasteiger partial charge in [0.2, 0.25) is 0 Å². The maximum atomic E-state index is 4.43.